The topological polar surface area (TPSA) is 8.17 Å². The minimum atomic E-state index is -0.0159. The summed E-state index contributed by atoms with van der Waals surface area (Å²) in [6, 6.07) is 82.3. The second kappa shape index (κ2) is 20.6. The van der Waals surface area contributed by atoms with E-state index in [9.17, 15) is 0 Å². The maximum atomic E-state index is 2.53. The molecule has 1 aromatic heterocycles. The third kappa shape index (κ3) is 9.12. The molecule has 0 fully saturated rings. The van der Waals surface area contributed by atoms with E-state index in [1.165, 1.54) is 144 Å². The number of unbranched alkanes of at least 4 members (excludes halogenated alkanes) is 5. The van der Waals surface area contributed by atoms with Crippen LogP contribution in [-0.4, -0.2) is 4.57 Å². The Morgan fingerprint density at radius 1 is 0.395 bits per heavy atom. The molecular weight excluding hydrogens is 917 g/mol. The first kappa shape index (κ1) is 49.0. The highest BCUT2D eigenvalue weighted by molar-refractivity contribution is 6.10. The van der Waals surface area contributed by atoms with Crippen molar-refractivity contribution < 1.29 is 0 Å². The van der Waals surface area contributed by atoms with Crippen LogP contribution in [0.15, 0.2) is 218 Å². The molecule has 0 bridgehead atoms. The average molecular weight is 987 g/mol. The lowest BCUT2D eigenvalue weighted by Gasteiger charge is -2.29. The first-order valence-corrected chi connectivity index (χ1v) is 28.2. The van der Waals surface area contributed by atoms with Gasteiger partial charge in [0.2, 0.25) is 0 Å². The lowest BCUT2D eigenvalue weighted by molar-refractivity contribution is 0.480. The van der Waals surface area contributed by atoms with E-state index in [1.807, 2.05) is 0 Å². The number of anilines is 3. The highest BCUT2D eigenvalue weighted by Gasteiger charge is 2.39. The minimum Gasteiger partial charge on any atom is -0.311 e. The number of hydrogen-bond acceptors (Lipinski definition) is 1. The predicted octanol–water partition coefficient (Wildman–Crippen LogP) is 21.7. The zero-order valence-electron chi connectivity index (χ0n) is 45.3. The van der Waals surface area contributed by atoms with E-state index in [2.05, 4.69) is 269 Å². The molecule has 0 amide bonds. The molecule has 1 aliphatic carbocycles. The van der Waals surface area contributed by atoms with Crippen molar-refractivity contribution in [1.82, 2.24) is 4.57 Å². The normalized spacial score (nSPS) is 14.1. The SMILES string of the molecule is CCCCCCCCC1(C)c2cc(-c3ccc(N(c4ccc(-c5ccc6c(c5)c5ccccc5n6-c5cccc(-c6ccc7ccccc7c6)c5)cc4)c4ccc(C(C)C)cc4)cc3)ccc2-c2ccc(C(C)C)cc21. The van der Waals surface area contributed by atoms with Crippen molar-refractivity contribution in [3.63, 3.8) is 0 Å². The molecule has 11 aromatic rings. The van der Waals surface area contributed by atoms with Gasteiger partial charge < -0.3 is 9.47 Å². The Bertz CT molecular complexity index is 3870. The van der Waals surface area contributed by atoms with Crippen molar-refractivity contribution in [3.8, 4) is 50.2 Å². The molecule has 0 aliphatic heterocycles. The van der Waals surface area contributed by atoms with E-state index in [0.717, 1.165) is 22.7 Å². The summed E-state index contributed by atoms with van der Waals surface area (Å²) < 4.78 is 2.43. The molecule has 10 aromatic carbocycles. The van der Waals surface area contributed by atoms with Gasteiger partial charge in [0, 0.05) is 38.9 Å². The molecule has 1 heterocycles. The second-order valence-corrected chi connectivity index (χ2v) is 22.4. The largest absolute Gasteiger partial charge is 0.311 e. The van der Waals surface area contributed by atoms with Crippen molar-refractivity contribution in [3.05, 3.63) is 241 Å². The number of aromatic nitrogens is 1. The van der Waals surface area contributed by atoms with Crippen LogP contribution in [0.5, 0.6) is 0 Å². The summed E-state index contributed by atoms with van der Waals surface area (Å²) in [4.78, 5) is 2.41. The summed E-state index contributed by atoms with van der Waals surface area (Å²) in [5.41, 5.74) is 22.9. The molecule has 0 spiro atoms. The number of para-hydroxylation sites is 1. The van der Waals surface area contributed by atoms with Crippen molar-refractivity contribution >= 4 is 49.6 Å². The van der Waals surface area contributed by atoms with Crippen LogP contribution in [-0.2, 0) is 5.41 Å². The van der Waals surface area contributed by atoms with Crippen LogP contribution in [0.4, 0.5) is 17.1 Å². The Balaban J connectivity index is 0.860. The number of hydrogen-bond donors (Lipinski definition) is 0. The zero-order valence-corrected chi connectivity index (χ0v) is 45.3. The van der Waals surface area contributed by atoms with E-state index < -0.39 is 0 Å². The van der Waals surface area contributed by atoms with Gasteiger partial charge in [0.25, 0.3) is 0 Å². The van der Waals surface area contributed by atoms with Gasteiger partial charge in [-0.2, -0.15) is 0 Å². The standard InChI is InChI=1S/C74H70N2/c1-7-8-9-10-11-16-44-74(6)70-48-56(51(4)5)32-41-66(70)67-42-33-61(49-71(67)74)55-30-39-64(40-31-55)75(62-35-26-52(27-36-62)50(2)3)63-37-28-54(29-38-63)60-34-43-73-69(47-60)68-22-14-15-23-72(68)76(73)65-21-17-20-58(46-65)59-25-24-53-18-12-13-19-57(53)45-59/h12-15,17-43,45-51H,7-11,16,44H2,1-6H3. The van der Waals surface area contributed by atoms with Crippen LogP contribution in [0.2, 0.25) is 0 Å². The number of nitrogens with zero attached hydrogens (tertiary/aromatic N) is 2. The van der Waals surface area contributed by atoms with Crippen LogP contribution >= 0.6 is 0 Å². The van der Waals surface area contributed by atoms with Gasteiger partial charge in [-0.15, -0.1) is 0 Å². The van der Waals surface area contributed by atoms with Gasteiger partial charge >= 0.3 is 0 Å². The Morgan fingerprint density at radius 3 is 1.63 bits per heavy atom. The summed E-state index contributed by atoms with van der Waals surface area (Å²) in [5.74, 6) is 0.957. The summed E-state index contributed by atoms with van der Waals surface area (Å²) in [5, 5.41) is 5.01. The first-order valence-electron chi connectivity index (χ1n) is 28.2. The quantitative estimate of drug-likeness (QED) is 0.0876. The van der Waals surface area contributed by atoms with Crippen LogP contribution in [0.25, 0.3) is 82.8 Å². The fourth-order valence-electron chi connectivity index (χ4n) is 12.4. The van der Waals surface area contributed by atoms with Gasteiger partial charge in [0.15, 0.2) is 0 Å². The van der Waals surface area contributed by atoms with E-state index >= 15 is 0 Å². The maximum absolute atomic E-state index is 2.53. The summed E-state index contributed by atoms with van der Waals surface area (Å²) in [7, 11) is 0. The van der Waals surface area contributed by atoms with E-state index in [0.29, 0.717) is 11.8 Å². The number of rotatable bonds is 16. The molecule has 76 heavy (non-hydrogen) atoms. The van der Waals surface area contributed by atoms with Crippen LogP contribution in [0, 0.1) is 0 Å². The highest BCUT2D eigenvalue weighted by Crippen LogP contribution is 2.53. The molecule has 12 rings (SSSR count). The Hall–Kier alpha value is -7.94. The van der Waals surface area contributed by atoms with Crippen molar-refractivity contribution in [2.45, 2.75) is 104 Å². The molecule has 1 atom stereocenters. The molecular formula is C74H70N2. The average Bonchev–Trinajstić information content (AvgIpc) is 3.99. The third-order valence-corrected chi connectivity index (χ3v) is 16.8. The van der Waals surface area contributed by atoms with E-state index in [-0.39, 0.29) is 5.41 Å². The minimum absolute atomic E-state index is 0.0159. The molecule has 1 aliphatic rings. The van der Waals surface area contributed by atoms with Crippen LogP contribution < -0.4 is 4.90 Å². The third-order valence-electron chi connectivity index (χ3n) is 16.8. The van der Waals surface area contributed by atoms with Crippen molar-refractivity contribution in [1.29, 1.82) is 0 Å². The molecule has 1 unspecified atom stereocenters. The molecule has 0 saturated carbocycles. The van der Waals surface area contributed by atoms with E-state index in [4.69, 9.17) is 0 Å². The molecule has 0 N–H and O–H groups in total. The van der Waals surface area contributed by atoms with Gasteiger partial charge in [-0.05, 0) is 175 Å². The summed E-state index contributed by atoms with van der Waals surface area (Å²) in [6.07, 6.45) is 9.04. The molecule has 2 heteroatoms. The number of fused-ring (bicyclic) bond motifs is 7. The Kier molecular flexibility index (Phi) is 13.3. The number of benzene rings is 10. The molecule has 2 nitrogen and oxygen atoms in total. The molecule has 0 saturated heterocycles. The van der Waals surface area contributed by atoms with Crippen molar-refractivity contribution in [2.24, 2.45) is 0 Å². The van der Waals surface area contributed by atoms with Crippen LogP contribution in [0.3, 0.4) is 0 Å². The smallest absolute Gasteiger partial charge is 0.0541 e. The van der Waals surface area contributed by atoms with Gasteiger partial charge in [0.1, 0.15) is 0 Å². The van der Waals surface area contributed by atoms with Gasteiger partial charge in [-0.3, -0.25) is 0 Å². The van der Waals surface area contributed by atoms with Gasteiger partial charge in [0.05, 0.1) is 11.0 Å². The van der Waals surface area contributed by atoms with Crippen LogP contribution in [0.1, 0.15) is 121 Å². The van der Waals surface area contributed by atoms with Gasteiger partial charge in [-0.1, -0.05) is 220 Å². The Morgan fingerprint density at radius 2 is 0.921 bits per heavy atom. The fraction of sp³-hybridized carbons (Fsp3) is 0.216. The summed E-state index contributed by atoms with van der Waals surface area (Å²) >= 11 is 0. The van der Waals surface area contributed by atoms with Gasteiger partial charge in [-0.25, -0.2) is 0 Å². The lowest BCUT2D eigenvalue weighted by atomic mass is 9.75. The lowest BCUT2D eigenvalue weighted by Crippen LogP contribution is -2.21. The second-order valence-electron chi connectivity index (χ2n) is 22.4. The summed E-state index contributed by atoms with van der Waals surface area (Å²) in [6.45, 7) is 14.0. The Labute approximate surface area is 451 Å². The molecule has 376 valence electrons. The fourth-order valence-corrected chi connectivity index (χ4v) is 12.4. The zero-order chi connectivity index (χ0) is 51.9. The van der Waals surface area contributed by atoms with Crippen molar-refractivity contribution in [2.75, 3.05) is 4.90 Å². The van der Waals surface area contributed by atoms with E-state index in [1.54, 1.807) is 0 Å². The highest BCUT2D eigenvalue weighted by atomic mass is 15.1. The maximum Gasteiger partial charge on any atom is 0.0541 e. The monoisotopic (exact) mass is 987 g/mol. The first-order chi connectivity index (χ1) is 37.1. The predicted molar refractivity (Wildman–Crippen MR) is 327 cm³/mol. The molecule has 0 radical (unpaired) electrons.